The summed E-state index contributed by atoms with van der Waals surface area (Å²) < 4.78 is 7.68. The summed E-state index contributed by atoms with van der Waals surface area (Å²) in [6.07, 6.45) is 7.40. The van der Waals surface area contributed by atoms with Crippen LogP contribution in [0.15, 0.2) is 42.7 Å². The van der Waals surface area contributed by atoms with E-state index in [0.717, 1.165) is 32.4 Å². The number of ether oxygens (including phenoxy) is 1. The minimum Gasteiger partial charge on any atom is -0.377 e. The molecule has 0 saturated carbocycles. The number of piperidine rings is 1. The predicted molar refractivity (Wildman–Crippen MR) is 97.1 cm³/mol. The lowest BCUT2D eigenvalue weighted by molar-refractivity contribution is -0.133. The quantitative estimate of drug-likeness (QED) is 0.726. The topological polar surface area (TPSA) is 47.4 Å². The van der Waals surface area contributed by atoms with Gasteiger partial charge in [0.15, 0.2) is 0 Å². The number of benzene rings is 1. The van der Waals surface area contributed by atoms with Crippen molar-refractivity contribution in [2.75, 3.05) is 19.7 Å². The summed E-state index contributed by atoms with van der Waals surface area (Å²) >= 11 is 0. The largest absolute Gasteiger partial charge is 0.377 e. The molecule has 0 bridgehead atoms. The number of likely N-dealkylation sites (tertiary alicyclic amines) is 1. The normalized spacial score (nSPS) is 17.6. The molecule has 1 fully saturated rings. The molecule has 1 aromatic carbocycles. The number of hydrogen-bond acceptors (Lipinski definition) is 3. The molecule has 1 amide bonds. The fraction of sp³-hybridized carbons (Fsp3) is 0.500. The molecule has 1 atom stereocenters. The highest BCUT2D eigenvalue weighted by Crippen LogP contribution is 2.22. The van der Waals surface area contributed by atoms with Crippen molar-refractivity contribution in [3.05, 3.63) is 53.9 Å². The third-order valence-electron chi connectivity index (χ3n) is 4.64. The predicted octanol–water partition coefficient (Wildman–Crippen LogP) is 3.35. The molecule has 1 aromatic heterocycles. The van der Waals surface area contributed by atoms with Gasteiger partial charge in [0.25, 0.3) is 0 Å². The van der Waals surface area contributed by atoms with Crippen LogP contribution in [0.4, 0.5) is 0 Å². The summed E-state index contributed by atoms with van der Waals surface area (Å²) in [6.45, 7) is 4.91. The lowest BCUT2D eigenvalue weighted by Gasteiger charge is -2.33. The highest BCUT2D eigenvalue weighted by atomic mass is 16.5. The van der Waals surface area contributed by atoms with Gasteiger partial charge in [0.1, 0.15) is 0 Å². The van der Waals surface area contributed by atoms with E-state index in [1.165, 1.54) is 11.1 Å². The van der Waals surface area contributed by atoms with E-state index in [-0.39, 0.29) is 5.91 Å². The molecule has 0 radical (unpaired) electrons. The van der Waals surface area contributed by atoms with E-state index in [2.05, 4.69) is 23.4 Å². The summed E-state index contributed by atoms with van der Waals surface area (Å²) in [5, 5.41) is 4.41. The molecule has 2 heterocycles. The van der Waals surface area contributed by atoms with Crippen molar-refractivity contribution in [2.45, 2.75) is 45.3 Å². The Morgan fingerprint density at radius 2 is 2.16 bits per heavy atom. The van der Waals surface area contributed by atoms with E-state index in [0.29, 0.717) is 25.7 Å². The van der Waals surface area contributed by atoms with E-state index in [1.54, 1.807) is 0 Å². The number of carbonyl (C=O) groups is 1. The fourth-order valence-corrected chi connectivity index (χ4v) is 3.28. The number of carbonyl (C=O) groups excluding carboxylic acids is 1. The number of aromatic nitrogens is 2. The molecule has 3 rings (SSSR count). The van der Waals surface area contributed by atoms with Gasteiger partial charge in [0.2, 0.25) is 5.91 Å². The third kappa shape index (κ3) is 5.16. The highest BCUT2D eigenvalue weighted by Gasteiger charge is 2.24. The molecule has 1 saturated heterocycles. The van der Waals surface area contributed by atoms with Crippen molar-refractivity contribution in [2.24, 2.45) is 0 Å². The zero-order chi connectivity index (χ0) is 17.5. The molecule has 0 unspecified atom stereocenters. The monoisotopic (exact) mass is 341 g/mol. The molecule has 5 nitrogen and oxygen atoms in total. The minimum absolute atomic E-state index is 0.233. The Balaban J connectivity index is 1.37. The Bertz CT molecular complexity index is 669. The van der Waals surface area contributed by atoms with Gasteiger partial charge in [0, 0.05) is 32.3 Å². The maximum Gasteiger partial charge on any atom is 0.222 e. The molecule has 0 N–H and O–H groups in total. The van der Waals surface area contributed by atoms with Gasteiger partial charge in [-0.2, -0.15) is 5.10 Å². The molecule has 1 aliphatic rings. The highest BCUT2D eigenvalue weighted by molar-refractivity contribution is 5.76. The average molecular weight is 341 g/mol. The molecular weight excluding hydrogens is 314 g/mol. The van der Waals surface area contributed by atoms with Gasteiger partial charge in [-0.1, -0.05) is 30.3 Å². The van der Waals surface area contributed by atoms with Gasteiger partial charge in [0.05, 0.1) is 18.8 Å². The Morgan fingerprint density at radius 1 is 1.32 bits per heavy atom. The van der Waals surface area contributed by atoms with E-state index in [1.807, 2.05) is 40.9 Å². The molecule has 0 spiro atoms. The maximum atomic E-state index is 12.5. The molecule has 1 aliphatic heterocycles. The first-order valence-electron chi connectivity index (χ1n) is 9.12. The smallest absolute Gasteiger partial charge is 0.222 e. The van der Waals surface area contributed by atoms with Crippen LogP contribution >= 0.6 is 0 Å². The van der Waals surface area contributed by atoms with E-state index in [4.69, 9.17) is 4.74 Å². The second-order valence-electron chi connectivity index (χ2n) is 6.78. The summed E-state index contributed by atoms with van der Waals surface area (Å²) in [4.78, 5) is 14.4. The van der Waals surface area contributed by atoms with Crippen LogP contribution in [0.2, 0.25) is 0 Å². The standard InChI is InChI=1S/C20H27N3O2/c1-17-13-21-23(14-17)19-9-5-11-22(15-19)20(24)10-6-12-25-16-18-7-3-2-4-8-18/h2-4,7-8,13-14,19H,5-6,9-12,15-16H2,1H3/t19-/m1/s1. The van der Waals surface area contributed by atoms with Gasteiger partial charge < -0.3 is 9.64 Å². The van der Waals surface area contributed by atoms with E-state index >= 15 is 0 Å². The number of amides is 1. The van der Waals surface area contributed by atoms with Crippen molar-refractivity contribution >= 4 is 5.91 Å². The van der Waals surface area contributed by atoms with Crippen molar-refractivity contribution in [3.63, 3.8) is 0 Å². The van der Waals surface area contributed by atoms with Crippen molar-refractivity contribution in [1.29, 1.82) is 0 Å². The van der Waals surface area contributed by atoms with Crippen molar-refractivity contribution < 1.29 is 9.53 Å². The van der Waals surface area contributed by atoms with Crippen LogP contribution in [0.5, 0.6) is 0 Å². The molecular formula is C20H27N3O2. The first-order valence-corrected chi connectivity index (χ1v) is 9.12. The Labute approximate surface area is 149 Å². The molecule has 5 heteroatoms. The third-order valence-corrected chi connectivity index (χ3v) is 4.64. The number of hydrogen-bond donors (Lipinski definition) is 0. The zero-order valence-electron chi connectivity index (χ0n) is 14.9. The Hall–Kier alpha value is -2.14. The summed E-state index contributed by atoms with van der Waals surface area (Å²) in [5.74, 6) is 0.233. The Morgan fingerprint density at radius 3 is 2.92 bits per heavy atom. The van der Waals surface area contributed by atoms with E-state index < -0.39 is 0 Å². The van der Waals surface area contributed by atoms with Gasteiger partial charge in [-0.15, -0.1) is 0 Å². The van der Waals surface area contributed by atoms with Crippen LogP contribution in [0.25, 0.3) is 0 Å². The lowest BCUT2D eigenvalue weighted by Crippen LogP contribution is -2.40. The number of rotatable bonds is 7. The first-order chi connectivity index (χ1) is 12.2. The van der Waals surface area contributed by atoms with Gasteiger partial charge >= 0.3 is 0 Å². The van der Waals surface area contributed by atoms with Crippen LogP contribution < -0.4 is 0 Å². The fourth-order valence-electron chi connectivity index (χ4n) is 3.28. The number of nitrogens with zero attached hydrogens (tertiary/aromatic N) is 3. The van der Waals surface area contributed by atoms with Crippen LogP contribution in [0, 0.1) is 6.92 Å². The number of aryl methyl sites for hydroxylation is 1. The van der Waals surface area contributed by atoms with Crippen molar-refractivity contribution in [1.82, 2.24) is 14.7 Å². The van der Waals surface area contributed by atoms with Gasteiger partial charge in [-0.3, -0.25) is 9.48 Å². The van der Waals surface area contributed by atoms with E-state index in [9.17, 15) is 4.79 Å². The summed E-state index contributed by atoms with van der Waals surface area (Å²) in [7, 11) is 0. The van der Waals surface area contributed by atoms with Crippen LogP contribution in [0.3, 0.4) is 0 Å². The SMILES string of the molecule is Cc1cnn([C@@H]2CCCN(C(=O)CCCOCc3ccccc3)C2)c1. The Kier molecular flexibility index (Phi) is 6.23. The van der Waals surface area contributed by atoms with Gasteiger partial charge in [-0.25, -0.2) is 0 Å². The summed E-state index contributed by atoms with van der Waals surface area (Å²) in [6, 6.07) is 10.4. The molecule has 25 heavy (non-hydrogen) atoms. The van der Waals surface area contributed by atoms with Crippen LogP contribution in [-0.4, -0.2) is 40.3 Å². The second-order valence-corrected chi connectivity index (χ2v) is 6.78. The average Bonchev–Trinajstić information content (AvgIpc) is 3.09. The molecule has 2 aromatic rings. The molecule has 0 aliphatic carbocycles. The minimum atomic E-state index is 0.233. The maximum absolute atomic E-state index is 12.5. The zero-order valence-corrected chi connectivity index (χ0v) is 14.9. The van der Waals surface area contributed by atoms with Crippen LogP contribution in [-0.2, 0) is 16.1 Å². The first kappa shape index (κ1) is 17.7. The molecule has 134 valence electrons. The van der Waals surface area contributed by atoms with Gasteiger partial charge in [-0.05, 0) is 37.3 Å². The second kappa shape index (κ2) is 8.81. The van der Waals surface area contributed by atoms with Crippen LogP contribution in [0.1, 0.15) is 42.9 Å². The lowest BCUT2D eigenvalue weighted by atomic mass is 10.1. The summed E-state index contributed by atoms with van der Waals surface area (Å²) in [5.41, 5.74) is 2.33. The van der Waals surface area contributed by atoms with Crippen molar-refractivity contribution in [3.8, 4) is 0 Å².